The third-order valence-corrected chi connectivity index (χ3v) is 4.51. The van der Waals surface area contributed by atoms with E-state index in [2.05, 4.69) is 10.0 Å². The van der Waals surface area contributed by atoms with Crippen LogP contribution in [0.5, 0.6) is 0 Å². The van der Waals surface area contributed by atoms with E-state index in [1.54, 1.807) is 7.05 Å². The summed E-state index contributed by atoms with van der Waals surface area (Å²) >= 11 is 0. The van der Waals surface area contributed by atoms with Gasteiger partial charge in [-0.3, -0.25) is 0 Å². The fraction of sp³-hybridized carbons (Fsp3) is 0.538. The molecular formula is C13H21FN2O2S. The molecule has 1 aromatic carbocycles. The maximum Gasteiger partial charge on any atom is 0.241 e. The van der Waals surface area contributed by atoms with Crippen molar-refractivity contribution in [3.05, 3.63) is 29.6 Å². The average Bonchev–Trinajstić information content (AvgIpc) is 2.38. The van der Waals surface area contributed by atoms with Crippen molar-refractivity contribution in [3.63, 3.8) is 0 Å². The Kier molecular flexibility index (Phi) is 5.90. The van der Waals surface area contributed by atoms with E-state index in [1.165, 1.54) is 12.1 Å². The Morgan fingerprint density at radius 3 is 2.63 bits per heavy atom. The molecule has 2 N–H and O–H groups in total. The first-order chi connectivity index (χ1) is 8.90. The molecule has 0 amide bonds. The summed E-state index contributed by atoms with van der Waals surface area (Å²) in [6.07, 6.45) is 0.884. The number of halogens is 1. The lowest BCUT2D eigenvalue weighted by Crippen LogP contribution is -2.29. The van der Waals surface area contributed by atoms with Gasteiger partial charge in [0.2, 0.25) is 10.0 Å². The highest BCUT2D eigenvalue weighted by atomic mass is 32.2. The van der Waals surface area contributed by atoms with Gasteiger partial charge < -0.3 is 5.32 Å². The smallest absolute Gasteiger partial charge is 0.241 e. The van der Waals surface area contributed by atoms with Gasteiger partial charge >= 0.3 is 0 Å². The second kappa shape index (κ2) is 6.98. The second-order valence-electron chi connectivity index (χ2n) is 4.65. The molecule has 4 nitrogen and oxygen atoms in total. The molecular weight excluding hydrogens is 267 g/mol. The van der Waals surface area contributed by atoms with Crippen molar-refractivity contribution in [1.82, 2.24) is 10.0 Å². The van der Waals surface area contributed by atoms with Gasteiger partial charge in [0.05, 0.1) is 4.90 Å². The summed E-state index contributed by atoms with van der Waals surface area (Å²) in [6, 6.07) is 3.82. The molecule has 0 radical (unpaired) electrons. The van der Waals surface area contributed by atoms with Crippen molar-refractivity contribution in [2.24, 2.45) is 5.92 Å². The Morgan fingerprint density at radius 2 is 2.05 bits per heavy atom. The molecule has 1 unspecified atom stereocenters. The molecule has 0 saturated heterocycles. The van der Waals surface area contributed by atoms with Crippen LogP contribution in [0.1, 0.15) is 25.8 Å². The number of hydrogen-bond acceptors (Lipinski definition) is 3. The lowest BCUT2D eigenvalue weighted by Gasteiger charge is -2.14. The Hall–Kier alpha value is -0.980. The normalized spacial score (nSPS) is 13.5. The highest BCUT2D eigenvalue weighted by Gasteiger charge is 2.19. The van der Waals surface area contributed by atoms with E-state index in [-0.39, 0.29) is 10.8 Å². The van der Waals surface area contributed by atoms with E-state index in [0.717, 1.165) is 12.5 Å². The van der Waals surface area contributed by atoms with Gasteiger partial charge in [-0.05, 0) is 30.7 Å². The SMILES string of the molecule is CCC(C)CNS(=O)(=O)c1cc(F)ccc1CNC. The van der Waals surface area contributed by atoms with Crippen LogP contribution in [0, 0.1) is 11.7 Å². The van der Waals surface area contributed by atoms with Crippen LogP contribution in [0.3, 0.4) is 0 Å². The molecule has 0 fully saturated rings. The quantitative estimate of drug-likeness (QED) is 0.805. The Balaban J connectivity index is 3.02. The zero-order valence-corrected chi connectivity index (χ0v) is 12.3. The Morgan fingerprint density at radius 1 is 1.37 bits per heavy atom. The summed E-state index contributed by atoms with van der Waals surface area (Å²) in [5, 5.41) is 2.88. The highest BCUT2D eigenvalue weighted by molar-refractivity contribution is 7.89. The van der Waals surface area contributed by atoms with Gasteiger partial charge in [-0.1, -0.05) is 26.3 Å². The third-order valence-electron chi connectivity index (χ3n) is 3.00. The molecule has 19 heavy (non-hydrogen) atoms. The number of rotatable bonds is 7. The van der Waals surface area contributed by atoms with Crippen LogP contribution in [-0.4, -0.2) is 22.0 Å². The van der Waals surface area contributed by atoms with E-state index in [4.69, 9.17) is 0 Å². The molecule has 0 bridgehead atoms. The number of hydrogen-bond donors (Lipinski definition) is 2. The van der Waals surface area contributed by atoms with E-state index < -0.39 is 15.8 Å². The zero-order chi connectivity index (χ0) is 14.5. The fourth-order valence-corrected chi connectivity index (χ4v) is 3.00. The predicted molar refractivity (Wildman–Crippen MR) is 73.8 cm³/mol. The molecule has 0 aliphatic rings. The lowest BCUT2D eigenvalue weighted by atomic mass is 10.1. The van der Waals surface area contributed by atoms with Crippen molar-refractivity contribution in [2.75, 3.05) is 13.6 Å². The molecule has 0 heterocycles. The summed E-state index contributed by atoms with van der Waals surface area (Å²) in [5.41, 5.74) is 0.556. The molecule has 6 heteroatoms. The molecule has 108 valence electrons. The van der Waals surface area contributed by atoms with Crippen LogP contribution in [0.15, 0.2) is 23.1 Å². The lowest BCUT2D eigenvalue weighted by molar-refractivity contribution is 0.526. The van der Waals surface area contributed by atoms with Gasteiger partial charge in [0.15, 0.2) is 0 Å². The first-order valence-electron chi connectivity index (χ1n) is 6.33. The molecule has 1 aromatic rings. The van der Waals surface area contributed by atoms with Crippen molar-refractivity contribution in [1.29, 1.82) is 0 Å². The van der Waals surface area contributed by atoms with Gasteiger partial charge in [0.1, 0.15) is 5.82 Å². The second-order valence-corrected chi connectivity index (χ2v) is 6.38. The van der Waals surface area contributed by atoms with Crippen molar-refractivity contribution in [2.45, 2.75) is 31.7 Å². The molecule has 0 aromatic heterocycles. The molecule has 0 aliphatic heterocycles. The summed E-state index contributed by atoms with van der Waals surface area (Å²) < 4.78 is 40.2. The molecule has 1 atom stereocenters. The largest absolute Gasteiger partial charge is 0.316 e. The van der Waals surface area contributed by atoms with E-state index in [0.29, 0.717) is 18.7 Å². The van der Waals surface area contributed by atoms with Crippen LogP contribution in [0.25, 0.3) is 0 Å². The fourth-order valence-electron chi connectivity index (χ4n) is 1.59. The van der Waals surface area contributed by atoms with Crippen molar-refractivity contribution in [3.8, 4) is 0 Å². The van der Waals surface area contributed by atoms with E-state index >= 15 is 0 Å². The van der Waals surface area contributed by atoms with Crippen LogP contribution < -0.4 is 10.0 Å². The third kappa shape index (κ3) is 4.56. The summed E-state index contributed by atoms with van der Waals surface area (Å²) in [5.74, 6) is -0.306. The topological polar surface area (TPSA) is 58.2 Å². The minimum atomic E-state index is -3.67. The zero-order valence-electron chi connectivity index (χ0n) is 11.5. The molecule has 1 rings (SSSR count). The van der Waals surface area contributed by atoms with E-state index in [1.807, 2.05) is 13.8 Å². The first kappa shape index (κ1) is 16.1. The average molecular weight is 288 g/mol. The van der Waals surface area contributed by atoms with Crippen molar-refractivity contribution >= 4 is 10.0 Å². The van der Waals surface area contributed by atoms with Gasteiger partial charge in [-0.15, -0.1) is 0 Å². The van der Waals surface area contributed by atoms with Crippen LogP contribution >= 0.6 is 0 Å². The number of benzene rings is 1. The summed E-state index contributed by atoms with van der Waals surface area (Å²) in [7, 11) is -1.96. The summed E-state index contributed by atoms with van der Waals surface area (Å²) in [4.78, 5) is 0.00477. The molecule has 0 saturated carbocycles. The predicted octanol–water partition coefficient (Wildman–Crippen LogP) is 1.87. The maximum absolute atomic E-state index is 13.3. The van der Waals surface area contributed by atoms with Crippen LogP contribution in [0.4, 0.5) is 4.39 Å². The minimum absolute atomic E-state index is 0.00477. The van der Waals surface area contributed by atoms with Gasteiger partial charge in [-0.25, -0.2) is 17.5 Å². The summed E-state index contributed by atoms with van der Waals surface area (Å²) in [6.45, 7) is 4.68. The highest BCUT2D eigenvalue weighted by Crippen LogP contribution is 2.17. The molecule has 0 aliphatic carbocycles. The van der Waals surface area contributed by atoms with Gasteiger partial charge in [-0.2, -0.15) is 0 Å². The Bertz CT molecular complexity index is 517. The molecule has 0 spiro atoms. The number of nitrogens with one attached hydrogen (secondary N) is 2. The minimum Gasteiger partial charge on any atom is -0.316 e. The van der Waals surface area contributed by atoms with Crippen LogP contribution in [0.2, 0.25) is 0 Å². The van der Waals surface area contributed by atoms with Gasteiger partial charge in [0.25, 0.3) is 0 Å². The first-order valence-corrected chi connectivity index (χ1v) is 7.81. The Labute approximate surface area is 114 Å². The standard InChI is InChI=1S/C13H21FN2O2S/c1-4-10(2)8-16-19(17,18)13-7-12(14)6-5-11(13)9-15-3/h5-7,10,15-16H,4,8-9H2,1-3H3. The number of sulfonamides is 1. The van der Waals surface area contributed by atoms with Crippen molar-refractivity contribution < 1.29 is 12.8 Å². The monoisotopic (exact) mass is 288 g/mol. The van der Waals surface area contributed by atoms with Gasteiger partial charge in [0, 0.05) is 13.1 Å². The van der Waals surface area contributed by atoms with Crippen LogP contribution in [-0.2, 0) is 16.6 Å². The maximum atomic E-state index is 13.3. The van der Waals surface area contributed by atoms with E-state index in [9.17, 15) is 12.8 Å².